The molecule has 0 aromatic heterocycles. The standard InChI is InChI=1S/C15H22ClN3O/c1-11-9-19(8-7-17-11)10-15(20)18-12(2)13-5-3-4-6-14(13)16/h3-6,11-12,17H,7-10H2,1-2H3,(H,18,20)/t11-,12?/m1/s1. The van der Waals surface area contributed by atoms with Gasteiger partial charge in [0.1, 0.15) is 0 Å². The molecule has 1 aliphatic heterocycles. The number of hydrogen-bond acceptors (Lipinski definition) is 3. The van der Waals surface area contributed by atoms with Crippen molar-refractivity contribution in [2.75, 3.05) is 26.2 Å². The van der Waals surface area contributed by atoms with Crippen LogP contribution in [0.1, 0.15) is 25.5 Å². The summed E-state index contributed by atoms with van der Waals surface area (Å²) < 4.78 is 0. The van der Waals surface area contributed by atoms with Crippen LogP contribution in [0, 0.1) is 0 Å². The molecule has 1 amide bonds. The average Bonchev–Trinajstić information content (AvgIpc) is 2.38. The number of piperazine rings is 1. The Balaban J connectivity index is 1.86. The maximum atomic E-state index is 12.1. The molecule has 5 heteroatoms. The van der Waals surface area contributed by atoms with Crippen LogP contribution in [-0.2, 0) is 4.79 Å². The average molecular weight is 296 g/mol. The molecule has 0 bridgehead atoms. The zero-order chi connectivity index (χ0) is 14.5. The first-order valence-corrected chi connectivity index (χ1v) is 7.43. The summed E-state index contributed by atoms with van der Waals surface area (Å²) in [6.07, 6.45) is 0. The molecule has 1 saturated heterocycles. The molecule has 110 valence electrons. The van der Waals surface area contributed by atoms with Crippen molar-refractivity contribution in [1.82, 2.24) is 15.5 Å². The van der Waals surface area contributed by atoms with E-state index in [0.717, 1.165) is 25.2 Å². The lowest BCUT2D eigenvalue weighted by Crippen LogP contribution is -2.51. The number of halogens is 1. The van der Waals surface area contributed by atoms with Crippen molar-refractivity contribution in [2.45, 2.75) is 25.9 Å². The summed E-state index contributed by atoms with van der Waals surface area (Å²) in [6.45, 7) is 7.30. The summed E-state index contributed by atoms with van der Waals surface area (Å²) in [7, 11) is 0. The van der Waals surface area contributed by atoms with E-state index in [4.69, 9.17) is 11.6 Å². The summed E-state index contributed by atoms with van der Waals surface area (Å²) in [6, 6.07) is 7.98. The molecular formula is C15H22ClN3O. The van der Waals surface area contributed by atoms with E-state index in [1.807, 2.05) is 31.2 Å². The summed E-state index contributed by atoms with van der Waals surface area (Å²) in [5.41, 5.74) is 0.955. The topological polar surface area (TPSA) is 44.4 Å². The molecule has 0 aliphatic carbocycles. The molecule has 1 aromatic rings. The molecule has 1 fully saturated rings. The van der Waals surface area contributed by atoms with Gasteiger partial charge in [-0.2, -0.15) is 0 Å². The normalized spacial score (nSPS) is 21.4. The van der Waals surface area contributed by atoms with Crippen molar-refractivity contribution < 1.29 is 4.79 Å². The largest absolute Gasteiger partial charge is 0.348 e. The number of carbonyl (C=O) groups is 1. The van der Waals surface area contributed by atoms with E-state index in [0.29, 0.717) is 17.6 Å². The van der Waals surface area contributed by atoms with Gasteiger partial charge in [0.15, 0.2) is 0 Å². The third kappa shape index (κ3) is 4.20. The highest BCUT2D eigenvalue weighted by molar-refractivity contribution is 6.31. The third-order valence-corrected chi connectivity index (χ3v) is 3.91. The van der Waals surface area contributed by atoms with Crippen LogP contribution in [0.5, 0.6) is 0 Å². The molecular weight excluding hydrogens is 274 g/mol. The number of amides is 1. The first-order chi connectivity index (χ1) is 9.56. The summed E-state index contributed by atoms with van der Waals surface area (Å²) >= 11 is 6.14. The van der Waals surface area contributed by atoms with Crippen LogP contribution in [0.2, 0.25) is 5.02 Å². The van der Waals surface area contributed by atoms with Crippen molar-refractivity contribution in [3.63, 3.8) is 0 Å². The molecule has 1 aliphatic rings. The Labute approximate surface area is 125 Å². The molecule has 20 heavy (non-hydrogen) atoms. The predicted octanol–water partition coefficient (Wildman–Crippen LogP) is 1.81. The summed E-state index contributed by atoms with van der Waals surface area (Å²) in [5, 5.41) is 7.07. The second-order valence-corrected chi connectivity index (χ2v) is 5.81. The number of nitrogens with one attached hydrogen (secondary N) is 2. The van der Waals surface area contributed by atoms with Crippen LogP contribution in [-0.4, -0.2) is 43.0 Å². The summed E-state index contributed by atoms with van der Waals surface area (Å²) in [4.78, 5) is 14.3. The van der Waals surface area contributed by atoms with Crippen LogP contribution < -0.4 is 10.6 Å². The van der Waals surface area contributed by atoms with Gasteiger partial charge in [0.25, 0.3) is 0 Å². The fourth-order valence-corrected chi connectivity index (χ4v) is 2.85. The fourth-order valence-electron chi connectivity index (χ4n) is 2.55. The maximum Gasteiger partial charge on any atom is 0.234 e. The zero-order valence-corrected chi connectivity index (χ0v) is 12.8. The summed E-state index contributed by atoms with van der Waals surface area (Å²) in [5.74, 6) is 0.0477. The SMILES string of the molecule is CC(NC(=O)CN1CCN[C@H](C)C1)c1ccccc1Cl. The van der Waals surface area contributed by atoms with E-state index in [-0.39, 0.29) is 11.9 Å². The minimum Gasteiger partial charge on any atom is -0.348 e. The van der Waals surface area contributed by atoms with Gasteiger partial charge in [0, 0.05) is 30.7 Å². The van der Waals surface area contributed by atoms with Crippen LogP contribution in [0.3, 0.4) is 0 Å². The van der Waals surface area contributed by atoms with Crippen molar-refractivity contribution >= 4 is 17.5 Å². The first-order valence-electron chi connectivity index (χ1n) is 7.06. The Kier molecular flexibility index (Phi) is 5.40. The van der Waals surface area contributed by atoms with Gasteiger partial charge in [0.2, 0.25) is 5.91 Å². The number of benzene rings is 1. The Morgan fingerprint density at radius 2 is 2.30 bits per heavy atom. The molecule has 2 rings (SSSR count). The molecule has 4 nitrogen and oxygen atoms in total. The van der Waals surface area contributed by atoms with Crippen LogP contribution in [0.4, 0.5) is 0 Å². The lowest BCUT2D eigenvalue weighted by atomic mass is 10.1. The van der Waals surface area contributed by atoms with Crippen LogP contribution in [0.15, 0.2) is 24.3 Å². The highest BCUT2D eigenvalue weighted by atomic mass is 35.5. The van der Waals surface area contributed by atoms with E-state index in [2.05, 4.69) is 22.5 Å². The number of hydrogen-bond donors (Lipinski definition) is 2. The van der Waals surface area contributed by atoms with Gasteiger partial charge in [-0.1, -0.05) is 29.8 Å². The van der Waals surface area contributed by atoms with Gasteiger partial charge in [-0.25, -0.2) is 0 Å². The van der Waals surface area contributed by atoms with Crippen LogP contribution >= 0.6 is 11.6 Å². The van der Waals surface area contributed by atoms with Crippen molar-refractivity contribution in [2.24, 2.45) is 0 Å². The van der Waals surface area contributed by atoms with Gasteiger partial charge < -0.3 is 10.6 Å². The fraction of sp³-hybridized carbons (Fsp3) is 0.533. The molecule has 0 spiro atoms. The van der Waals surface area contributed by atoms with Gasteiger partial charge >= 0.3 is 0 Å². The second-order valence-electron chi connectivity index (χ2n) is 5.40. The lowest BCUT2D eigenvalue weighted by Gasteiger charge is -2.31. The van der Waals surface area contributed by atoms with E-state index in [1.54, 1.807) is 0 Å². The van der Waals surface area contributed by atoms with E-state index in [1.165, 1.54) is 0 Å². The highest BCUT2D eigenvalue weighted by Gasteiger charge is 2.19. The zero-order valence-electron chi connectivity index (χ0n) is 12.0. The monoisotopic (exact) mass is 295 g/mol. The number of nitrogens with zero attached hydrogens (tertiary/aromatic N) is 1. The van der Waals surface area contributed by atoms with Gasteiger partial charge in [0.05, 0.1) is 12.6 Å². The first kappa shape index (κ1) is 15.3. The quantitative estimate of drug-likeness (QED) is 0.890. The smallest absolute Gasteiger partial charge is 0.234 e. The lowest BCUT2D eigenvalue weighted by molar-refractivity contribution is -0.123. The van der Waals surface area contributed by atoms with Gasteiger partial charge in [-0.3, -0.25) is 9.69 Å². The predicted molar refractivity (Wildman–Crippen MR) is 81.9 cm³/mol. The minimum atomic E-state index is -0.0726. The molecule has 1 aromatic carbocycles. The Morgan fingerprint density at radius 3 is 3.00 bits per heavy atom. The van der Waals surface area contributed by atoms with Gasteiger partial charge in [-0.05, 0) is 25.5 Å². The van der Waals surface area contributed by atoms with Crippen molar-refractivity contribution in [3.8, 4) is 0 Å². The highest BCUT2D eigenvalue weighted by Crippen LogP contribution is 2.21. The maximum absolute atomic E-state index is 12.1. The second kappa shape index (κ2) is 7.07. The van der Waals surface area contributed by atoms with E-state index >= 15 is 0 Å². The Bertz CT molecular complexity index is 466. The van der Waals surface area contributed by atoms with E-state index < -0.39 is 0 Å². The molecule has 0 radical (unpaired) electrons. The number of rotatable bonds is 4. The van der Waals surface area contributed by atoms with Crippen LogP contribution in [0.25, 0.3) is 0 Å². The number of carbonyl (C=O) groups excluding carboxylic acids is 1. The van der Waals surface area contributed by atoms with Crippen molar-refractivity contribution in [3.05, 3.63) is 34.9 Å². The third-order valence-electron chi connectivity index (χ3n) is 3.57. The Hall–Kier alpha value is -1.10. The van der Waals surface area contributed by atoms with E-state index in [9.17, 15) is 4.79 Å². The molecule has 1 unspecified atom stereocenters. The molecule has 1 heterocycles. The molecule has 2 N–H and O–H groups in total. The minimum absolute atomic E-state index is 0.0477. The van der Waals surface area contributed by atoms with Crippen molar-refractivity contribution in [1.29, 1.82) is 0 Å². The molecule has 0 saturated carbocycles. The Morgan fingerprint density at radius 1 is 1.55 bits per heavy atom. The van der Waals surface area contributed by atoms with Gasteiger partial charge in [-0.15, -0.1) is 0 Å². The molecule has 2 atom stereocenters.